The molecule has 0 saturated carbocycles. The molecule has 6 aromatic rings. The third-order valence-electron chi connectivity index (χ3n) is 7.42. The number of pyridine rings is 1. The van der Waals surface area contributed by atoms with Gasteiger partial charge in [-0.25, -0.2) is 9.97 Å². The van der Waals surface area contributed by atoms with Crippen molar-refractivity contribution >= 4 is 44.6 Å². The number of hydrogen-bond acceptors (Lipinski definition) is 7. The Bertz CT molecular complexity index is 2050. The molecule has 0 fully saturated rings. The fourth-order valence-corrected chi connectivity index (χ4v) is 6.07. The Balaban J connectivity index is 1.25. The highest BCUT2D eigenvalue weighted by molar-refractivity contribution is 7.13. The minimum absolute atomic E-state index is 0.175. The van der Waals surface area contributed by atoms with Crippen LogP contribution in [0.2, 0.25) is 0 Å². The summed E-state index contributed by atoms with van der Waals surface area (Å²) in [6.45, 7) is 1.15. The van der Waals surface area contributed by atoms with E-state index in [1.54, 1.807) is 12.1 Å². The molecule has 11 heteroatoms. The molecule has 0 amide bonds. The van der Waals surface area contributed by atoms with Crippen molar-refractivity contribution in [3.05, 3.63) is 112 Å². The fourth-order valence-electron chi connectivity index (χ4n) is 5.21. The Hall–Kier alpha value is -4.90. The number of thiazole rings is 1. The van der Waals surface area contributed by atoms with Crippen molar-refractivity contribution < 1.29 is 22.8 Å². The summed E-state index contributed by atoms with van der Waals surface area (Å²) in [4.78, 5) is 29.0. The average Bonchev–Trinajstić information content (AvgIpc) is 3.76. The van der Waals surface area contributed by atoms with Crippen LogP contribution in [0, 0.1) is 6.92 Å². The molecule has 0 unspecified atom stereocenters. The first kappa shape index (κ1) is 27.0. The highest BCUT2D eigenvalue weighted by Crippen LogP contribution is 2.36. The summed E-state index contributed by atoms with van der Waals surface area (Å²) in [5.74, 6) is -0.377. The standard InChI is InChI=1S/C32H22F3N5O2S/c1-18-13-29(32(33,34)35)38-40(18)16-27(41)21-11-12-22(30-23(21)14-20-9-5-6-10-24(20)36-30)31-37-26(17-43-31)25-15-28(42-39-25)19-7-3-2-4-8-19/h2-14,17,28H,15-16H2,1H3/t28-/m0/s1. The Labute approximate surface area is 247 Å². The number of carbonyl (C=O) groups excluding carboxylic acids is 1. The number of aromatic nitrogens is 4. The number of Topliss-reactive ketones (excluding diaryl/α,β-unsaturated/α-hetero) is 1. The maximum Gasteiger partial charge on any atom is 0.435 e. The Morgan fingerprint density at radius 3 is 2.60 bits per heavy atom. The van der Waals surface area contributed by atoms with Gasteiger partial charge in [0.1, 0.15) is 17.3 Å². The quantitative estimate of drug-likeness (QED) is 0.145. The second-order valence-corrected chi connectivity index (χ2v) is 11.1. The number of hydrogen-bond donors (Lipinski definition) is 0. The van der Waals surface area contributed by atoms with Crippen molar-refractivity contribution in [3.63, 3.8) is 0 Å². The number of nitrogens with zero attached hydrogens (tertiary/aromatic N) is 5. The number of fused-ring (bicyclic) bond motifs is 2. The second kappa shape index (κ2) is 10.4. The van der Waals surface area contributed by atoms with Gasteiger partial charge in [-0.1, -0.05) is 53.7 Å². The first-order valence-electron chi connectivity index (χ1n) is 13.5. The molecule has 1 aliphatic rings. The lowest BCUT2D eigenvalue weighted by Gasteiger charge is -2.11. The highest BCUT2D eigenvalue weighted by Gasteiger charge is 2.34. The minimum Gasteiger partial charge on any atom is -0.387 e. The topological polar surface area (TPSA) is 82.3 Å². The zero-order valence-electron chi connectivity index (χ0n) is 22.7. The van der Waals surface area contributed by atoms with E-state index in [4.69, 9.17) is 14.8 Å². The third kappa shape index (κ3) is 5.05. The van der Waals surface area contributed by atoms with Gasteiger partial charge in [0, 0.05) is 39.4 Å². The van der Waals surface area contributed by atoms with E-state index in [9.17, 15) is 18.0 Å². The third-order valence-corrected chi connectivity index (χ3v) is 8.30. The molecular formula is C32H22F3N5O2S. The van der Waals surface area contributed by atoms with Gasteiger partial charge in [0.2, 0.25) is 0 Å². The second-order valence-electron chi connectivity index (χ2n) is 10.3. The van der Waals surface area contributed by atoms with E-state index in [1.807, 2.05) is 66.0 Å². The molecule has 4 heterocycles. The van der Waals surface area contributed by atoms with Gasteiger partial charge in [-0.2, -0.15) is 18.3 Å². The molecule has 0 spiro atoms. The van der Waals surface area contributed by atoms with E-state index < -0.39 is 11.9 Å². The van der Waals surface area contributed by atoms with Crippen LogP contribution in [0.1, 0.15) is 45.5 Å². The van der Waals surface area contributed by atoms with Crippen molar-refractivity contribution in [2.75, 3.05) is 0 Å². The average molecular weight is 598 g/mol. The van der Waals surface area contributed by atoms with Crippen LogP contribution in [0.5, 0.6) is 0 Å². The zero-order valence-corrected chi connectivity index (χ0v) is 23.5. The number of ketones is 1. The summed E-state index contributed by atoms with van der Waals surface area (Å²) in [7, 11) is 0. The van der Waals surface area contributed by atoms with Gasteiger partial charge in [-0.05, 0) is 42.8 Å². The Kier molecular flexibility index (Phi) is 6.54. The van der Waals surface area contributed by atoms with Gasteiger partial charge in [0.25, 0.3) is 0 Å². The lowest BCUT2D eigenvalue weighted by atomic mass is 9.99. The van der Waals surface area contributed by atoms with Crippen molar-refractivity contribution in [2.24, 2.45) is 5.16 Å². The first-order valence-corrected chi connectivity index (χ1v) is 14.3. The molecule has 0 aliphatic carbocycles. The number of aryl methyl sites for hydroxylation is 1. The van der Waals surface area contributed by atoms with Crippen LogP contribution >= 0.6 is 11.3 Å². The molecule has 3 aromatic carbocycles. The van der Waals surface area contributed by atoms with Crippen molar-refractivity contribution in [3.8, 4) is 10.6 Å². The van der Waals surface area contributed by atoms with Crippen molar-refractivity contribution in [1.29, 1.82) is 0 Å². The van der Waals surface area contributed by atoms with Gasteiger partial charge in [-0.15, -0.1) is 11.3 Å². The largest absolute Gasteiger partial charge is 0.435 e. The van der Waals surface area contributed by atoms with Gasteiger partial charge >= 0.3 is 6.18 Å². The lowest BCUT2D eigenvalue weighted by Crippen LogP contribution is -2.15. The maximum absolute atomic E-state index is 13.5. The smallest absolute Gasteiger partial charge is 0.387 e. The van der Waals surface area contributed by atoms with Crippen LogP contribution in [0.15, 0.2) is 89.4 Å². The number of oxime groups is 1. The molecule has 0 N–H and O–H groups in total. The number of carbonyl (C=O) groups is 1. The summed E-state index contributed by atoms with van der Waals surface area (Å²) in [5, 5.41) is 12.0. The van der Waals surface area contributed by atoms with Crippen LogP contribution in [0.3, 0.4) is 0 Å². The van der Waals surface area contributed by atoms with Crippen LogP contribution in [0.4, 0.5) is 13.2 Å². The van der Waals surface area contributed by atoms with E-state index in [0.717, 1.165) is 38.5 Å². The van der Waals surface area contributed by atoms with Crippen LogP contribution in [-0.4, -0.2) is 31.2 Å². The van der Waals surface area contributed by atoms with Crippen LogP contribution < -0.4 is 0 Å². The van der Waals surface area contributed by atoms with Gasteiger partial charge in [0.05, 0.1) is 16.7 Å². The molecule has 7 nitrogen and oxygen atoms in total. The van der Waals surface area contributed by atoms with Crippen molar-refractivity contribution in [1.82, 2.24) is 19.7 Å². The molecule has 214 valence electrons. The monoisotopic (exact) mass is 597 g/mol. The molecule has 1 aliphatic heterocycles. The number of para-hydroxylation sites is 1. The number of alkyl halides is 3. The number of halogens is 3. The molecule has 0 bridgehead atoms. The molecule has 7 rings (SSSR count). The van der Waals surface area contributed by atoms with E-state index in [2.05, 4.69) is 10.3 Å². The van der Waals surface area contributed by atoms with E-state index in [-0.39, 0.29) is 24.1 Å². The Morgan fingerprint density at radius 2 is 1.81 bits per heavy atom. The van der Waals surface area contributed by atoms with Crippen molar-refractivity contribution in [2.45, 2.75) is 32.2 Å². The van der Waals surface area contributed by atoms with Crippen LogP contribution in [-0.2, 0) is 17.6 Å². The summed E-state index contributed by atoms with van der Waals surface area (Å²) in [6, 6.07) is 23.7. The van der Waals surface area contributed by atoms with E-state index in [1.165, 1.54) is 18.3 Å². The normalized spacial score (nSPS) is 15.2. The summed E-state index contributed by atoms with van der Waals surface area (Å²) in [5.41, 5.74) is 4.12. The highest BCUT2D eigenvalue weighted by atomic mass is 32.1. The Morgan fingerprint density at radius 1 is 1.02 bits per heavy atom. The molecule has 0 saturated heterocycles. The van der Waals surface area contributed by atoms with Gasteiger partial charge in [0.15, 0.2) is 17.6 Å². The molecule has 43 heavy (non-hydrogen) atoms. The van der Waals surface area contributed by atoms with Gasteiger partial charge < -0.3 is 4.84 Å². The van der Waals surface area contributed by atoms with Gasteiger partial charge in [-0.3, -0.25) is 9.48 Å². The minimum atomic E-state index is -4.60. The predicted molar refractivity (Wildman–Crippen MR) is 158 cm³/mol. The number of benzene rings is 3. The zero-order chi connectivity index (χ0) is 29.7. The van der Waals surface area contributed by atoms with Crippen LogP contribution in [0.25, 0.3) is 32.4 Å². The summed E-state index contributed by atoms with van der Waals surface area (Å²) >= 11 is 1.44. The first-order chi connectivity index (χ1) is 20.7. The molecule has 3 aromatic heterocycles. The van der Waals surface area contributed by atoms with E-state index >= 15 is 0 Å². The summed E-state index contributed by atoms with van der Waals surface area (Å²) in [6.07, 6.45) is -4.18. The SMILES string of the molecule is Cc1cc(C(F)(F)F)nn1CC(=O)c1ccc(-c2nc(C3=NO[C@H](c4ccccc4)C3)cs2)c2nc3ccccc3cc12. The molecular weight excluding hydrogens is 575 g/mol. The fraction of sp³-hybridized carbons (Fsp3) is 0.156. The van der Waals surface area contributed by atoms with E-state index in [0.29, 0.717) is 33.6 Å². The molecule has 0 radical (unpaired) electrons. The number of rotatable bonds is 6. The predicted octanol–water partition coefficient (Wildman–Crippen LogP) is 7.78. The lowest BCUT2D eigenvalue weighted by molar-refractivity contribution is -0.141. The summed E-state index contributed by atoms with van der Waals surface area (Å²) < 4.78 is 40.7. The molecule has 1 atom stereocenters. The maximum atomic E-state index is 13.5.